The van der Waals surface area contributed by atoms with Crippen LogP contribution >= 0.6 is 0 Å². The van der Waals surface area contributed by atoms with E-state index in [4.69, 9.17) is 0 Å². The van der Waals surface area contributed by atoms with Gasteiger partial charge in [0.05, 0.1) is 12.6 Å². The van der Waals surface area contributed by atoms with E-state index < -0.39 is 0 Å². The third-order valence-electron chi connectivity index (χ3n) is 2.01. The van der Waals surface area contributed by atoms with Crippen LogP contribution in [-0.4, -0.2) is 33.8 Å². The molecule has 0 saturated heterocycles. The van der Waals surface area contributed by atoms with Crippen LogP contribution < -0.4 is 10.6 Å². The van der Waals surface area contributed by atoms with E-state index in [2.05, 4.69) is 20.8 Å². The second-order valence-corrected chi connectivity index (χ2v) is 3.07. The molecular formula is C8H15N5O. The zero-order valence-corrected chi connectivity index (χ0v) is 8.61. The maximum Gasteiger partial charge on any atom is 0.236 e. The molecule has 6 nitrogen and oxygen atoms in total. The Morgan fingerprint density at radius 1 is 1.71 bits per heavy atom. The number of aryl methyl sites for hydroxylation is 1. The number of carbonyl (C=O) groups is 1. The molecule has 1 rings (SSSR count). The minimum absolute atomic E-state index is 0.0350. The molecule has 6 heteroatoms. The lowest BCUT2D eigenvalue weighted by atomic mass is 10.3. The number of carbonyl (C=O) groups excluding carboxylic acids is 1. The van der Waals surface area contributed by atoms with Crippen LogP contribution in [0.5, 0.6) is 0 Å². The number of hydrogen-bond donors (Lipinski definition) is 2. The minimum Gasteiger partial charge on any atom is -0.358 e. The predicted molar refractivity (Wildman–Crippen MR) is 51.4 cm³/mol. The average Bonchev–Trinajstić information content (AvgIpc) is 2.59. The molecule has 78 valence electrons. The summed E-state index contributed by atoms with van der Waals surface area (Å²) in [4.78, 5) is 11.1. The Hall–Kier alpha value is -1.43. The highest BCUT2D eigenvalue weighted by Crippen LogP contribution is 1.91. The first-order valence-electron chi connectivity index (χ1n) is 4.43. The van der Waals surface area contributed by atoms with Gasteiger partial charge in [0.2, 0.25) is 5.91 Å². The molecular weight excluding hydrogens is 182 g/mol. The molecule has 0 aliphatic heterocycles. The number of nitrogens with zero attached hydrogens (tertiary/aromatic N) is 3. The molecule has 0 aliphatic rings. The summed E-state index contributed by atoms with van der Waals surface area (Å²) in [6, 6.07) is -0.225. The van der Waals surface area contributed by atoms with E-state index in [1.54, 1.807) is 20.3 Å². The molecule has 0 spiro atoms. The molecule has 14 heavy (non-hydrogen) atoms. The van der Waals surface area contributed by atoms with Crippen molar-refractivity contribution in [1.29, 1.82) is 0 Å². The van der Waals surface area contributed by atoms with Gasteiger partial charge in [0.1, 0.15) is 12.2 Å². The van der Waals surface area contributed by atoms with Crippen LogP contribution in [0.4, 0.5) is 0 Å². The first-order chi connectivity index (χ1) is 6.65. The first kappa shape index (κ1) is 10.6. The first-order valence-corrected chi connectivity index (χ1v) is 4.43. The van der Waals surface area contributed by atoms with Crippen molar-refractivity contribution in [2.24, 2.45) is 7.05 Å². The van der Waals surface area contributed by atoms with Crippen molar-refractivity contribution in [2.45, 2.75) is 19.5 Å². The normalized spacial score (nSPS) is 12.5. The van der Waals surface area contributed by atoms with Gasteiger partial charge in [-0.25, -0.2) is 0 Å². The third-order valence-corrected chi connectivity index (χ3v) is 2.01. The summed E-state index contributed by atoms with van der Waals surface area (Å²) in [6.45, 7) is 2.33. The highest BCUT2D eigenvalue weighted by Gasteiger charge is 2.10. The van der Waals surface area contributed by atoms with Gasteiger partial charge < -0.3 is 9.88 Å². The van der Waals surface area contributed by atoms with Crippen molar-refractivity contribution in [3.63, 3.8) is 0 Å². The molecule has 1 aromatic heterocycles. The van der Waals surface area contributed by atoms with Crippen LogP contribution in [0.1, 0.15) is 12.7 Å². The average molecular weight is 197 g/mol. The Balaban J connectivity index is 2.41. The Labute approximate surface area is 82.7 Å². The second kappa shape index (κ2) is 4.71. The van der Waals surface area contributed by atoms with Gasteiger partial charge in [-0.15, -0.1) is 10.2 Å². The summed E-state index contributed by atoms with van der Waals surface area (Å²) in [6.07, 6.45) is 1.63. The lowest BCUT2D eigenvalue weighted by Crippen LogP contribution is -2.40. The fourth-order valence-electron chi connectivity index (χ4n) is 1.02. The Kier molecular flexibility index (Phi) is 3.58. The van der Waals surface area contributed by atoms with Gasteiger partial charge in [0.15, 0.2) is 0 Å². The van der Waals surface area contributed by atoms with E-state index in [1.807, 2.05) is 11.6 Å². The standard InChI is InChI=1S/C8H15N5O/c1-6(8(14)9-2)10-4-7-12-11-5-13(7)3/h5-6,10H,4H2,1-3H3,(H,9,14). The van der Waals surface area contributed by atoms with Gasteiger partial charge in [-0.1, -0.05) is 0 Å². The zero-order valence-electron chi connectivity index (χ0n) is 8.61. The maximum absolute atomic E-state index is 11.1. The Bertz CT molecular complexity index is 308. The number of amides is 1. The second-order valence-electron chi connectivity index (χ2n) is 3.07. The van der Waals surface area contributed by atoms with Crippen LogP contribution in [-0.2, 0) is 18.4 Å². The van der Waals surface area contributed by atoms with Crippen molar-refractivity contribution in [1.82, 2.24) is 25.4 Å². The molecule has 0 radical (unpaired) electrons. The van der Waals surface area contributed by atoms with E-state index in [-0.39, 0.29) is 11.9 Å². The highest BCUT2D eigenvalue weighted by atomic mass is 16.2. The van der Waals surface area contributed by atoms with Crippen LogP contribution in [0.25, 0.3) is 0 Å². The van der Waals surface area contributed by atoms with Gasteiger partial charge in [-0.3, -0.25) is 10.1 Å². The topological polar surface area (TPSA) is 71.8 Å². The Morgan fingerprint density at radius 3 is 2.93 bits per heavy atom. The van der Waals surface area contributed by atoms with E-state index in [1.165, 1.54) is 0 Å². The van der Waals surface area contributed by atoms with Crippen LogP contribution in [0, 0.1) is 0 Å². The van der Waals surface area contributed by atoms with Crippen molar-refractivity contribution in [3.05, 3.63) is 12.2 Å². The van der Waals surface area contributed by atoms with Crippen LogP contribution in [0.2, 0.25) is 0 Å². The molecule has 1 amide bonds. The summed E-state index contributed by atoms with van der Waals surface area (Å²) in [7, 11) is 3.48. The van der Waals surface area contributed by atoms with Crippen molar-refractivity contribution < 1.29 is 4.79 Å². The van der Waals surface area contributed by atoms with E-state index in [9.17, 15) is 4.79 Å². The van der Waals surface area contributed by atoms with E-state index in [0.29, 0.717) is 6.54 Å². The summed E-state index contributed by atoms with van der Waals surface area (Å²) < 4.78 is 1.81. The summed E-state index contributed by atoms with van der Waals surface area (Å²) in [5, 5.41) is 13.2. The summed E-state index contributed by atoms with van der Waals surface area (Å²) in [5.41, 5.74) is 0. The number of aromatic nitrogens is 3. The van der Waals surface area contributed by atoms with Crippen molar-refractivity contribution >= 4 is 5.91 Å². The van der Waals surface area contributed by atoms with Gasteiger partial charge in [-0.05, 0) is 6.92 Å². The molecule has 0 bridgehead atoms. The number of nitrogens with one attached hydrogen (secondary N) is 2. The quantitative estimate of drug-likeness (QED) is 0.652. The van der Waals surface area contributed by atoms with Crippen molar-refractivity contribution in [3.8, 4) is 0 Å². The molecule has 1 heterocycles. The smallest absolute Gasteiger partial charge is 0.236 e. The lowest BCUT2D eigenvalue weighted by molar-refractivity contribution is -0.122. The molecule has 1 unspecified atom stereocenters. The lowest BCUT2D eigenvalue weighted by Gasteiger charge is -2.11. The predicted octanol–water partition coefficient (Wildman–Crippen LogP) is -0.961. The Morgan fingerprint density at radius 2 is 2.43 bits per heavy atom. The van der Waals surface area contributed by atoms with Gasteiger partial charge in [-0.2, -0.15) is 0 Å². The fraction of sp³-hybridized carbons (Fsp3) is 0.625. The highest BCUT2D eigenvalue weighted by molar-refractivity contribution is 5.80. The molecule has 2 N–H and O–H groups in total. The van der Waals surface area contributed by atoms with Gasteiger partial charge in [0, 0.05) is 14.1 Å². The molecule has 1 atom stereocenters. The summed E-state index contributed by atoms with van der Waals surface area (Å²) >= 11 is 0. The number of hydrogen-bond acceptors (Lipinski definition) is 4. The van der Waals surface area contributed by atoms with Crippen LogP contribution in [0.15, 0.2) is 6.33 Å². The van der Waals surface area contributed by atoms with Crippen LogP contribution in [0.3, 0.4) is 0 Å². The molecule has 1 aromatic rings. The third kappa shape index (κ3) is 2.53. The molecule has 0 fully saturated rings. The van der Waals surface area contributed by atoms with Crippen molar-refractivity contribution in [2.75, 3.05) is 7.05 Å². The largest absolute Gasteiger partial charge is 0.358 e. The monoisotopic (exact) mass is 197 g/mol. The van der Waals surface area contributed by atoms with E-state index >= 15 is 0 Å². The SMILES string of the molecule is CNC(=O)C(C)NCc1nncn1C. The van der Waals surface area contributed by atoms with Gasteiger partial charge in [0.25, 0.3) is 0 Å². The fourth-order valence-corrected chi connectivity index (χ4v) is 1.02. The molecule has 0 aliphatic carbocycles. The minimum atomic E-state index is -0.225. The molecule has 0 saturated carbocycles. The van der Waals surface area contributed by atoms with Gasteiger partial charge >= 0.3 is 0 Å². The number of likely N-dealkylation sites (N-methyl/N-ethyl adjacent to an activating group) is 1. The maximum atomic E-state index is 11.1. The molecule has 0 aromatic carbocycles. The number of rotatable bonds is 4. The summed E-state index contributed by atoms with van der Waals surface area (Å²) in [5.74, 6) is 0.771. The zero-order chi connectivity index (χ0) is 10.6. The van der Waals surface area contributed by atoms with E-state index in [0.717, 1.165) is 5.82 Å².